The van der Waals surface area contributed by atoms with Crippen molar-refractivity contribution in [2.75, 3.05) is 10.0 Å². The fourth-order valence-corrected chi connectivity index (χ4v) is 6.36. The number of hydrogen-bond donors (Lipinski definition) is 3. The van der Waals surface area contributed by atoms with Crippen LogP contribution in [0.15, 0.2) is 46.2 Å². The van der Waals surface area contributed by atoms with Crippen LogP contribution in [-0.2, 0) is 30.3 Å². The average molecular weight is 618 g/mol. The fourth-order valence-electron chi connectivity index (χ4n) is 3.30. The maximum Gasteiger partial charge on any atom is 1.00 e. The van der Waals surface area contributed by atoms with Gasteiger partial charge in [-0.15, -0.1) is 0 Å². The van der Waals surface area contributed by atoms with Crippen LogP contribution in [0.1, 0.15) is 36.8 Å². The van der Waals surface area contributed by atoms with Gasteiger partial charge in [-0.3, -0.25) is 4.72 Å². The molecule has 2 aliphatic rings. The van der Waals surface area contributed by atoms with Crippen LogP contribution in [0, 0.1) is 0 Å². The van der Waals surface area contributed by atoms with Crippen molar-refractivity contribution in [1.29, 1.82) is 0 Å². The molecule has 0 aromatic heterocycles. The van der Waals surface area contributed by atoms with Gasteiger partial charge in [0.15, 0.2) is 5.11 Å². The molecule has 2 aromatic carbocycles. The van der Waals surface area contributed by atoms with E-state index in [0.29, 0.717) is 12.8 Å². The maximum atomic E-state index is 12.1. The van der Waals surface area contributed by atoms with E-state index < -0.39 is 45.3 Å². The van der Waals surface area contributed by atoms with Gasteiger partial charge in [0.05, 0.1) is 15.0 Å². The van der Waals surface area contributed by atoms with Crippen molar-refractivity contribution in [1.82, 2.24) is 5.32 Å². The molecule has 17 heteroatoms. The SMILES string of the molecule is O=S(=O)([O-])c1cc(NC(=S)NC2CC2)ccc1C=Cc1ccc(NS(=O)(=O)C2CC2)cc1S(=O)(=O)[O-].[Na+].[Na+]. The molecule has 0 heterocycles. The number of hydrogen-bond acceptors (Lipinski definition) is 9. The predicted octanol–water partition coefficient (Wildman–Crippen LogP) is -3.97. The van der Waals surface area contributed by atoms with E-state index in [0.717, 1.165) is 31.1 Å². The van der Waals surface area contributed by atoms with Gasteiger partial charge in [-0.2, -0.15) is 0 Å². The summed E-state index contributed by atoms with van der Waals surface area (Å²) < 4.78 is 97.7. The predicted molar refractivity (Wildman–Crippen MR) is 136 cm³/mol. The van der Waals surface area contributed by atoms with Crippen LogP contribution in [0.4, 0.5) is 11.4 Å². The number of rotatable bonds is 9. The van der Waals surface area contributed by atoms with E-state index >= 15 is 0 Å². The molecule has 0 bridgehead atoms. The Bertz CT molecular complexity index is 1570. The second kappa shape index (κ2) is 13.0. The van der Waals surface area contributed by atoms with E-state index in [1.807, 2.05) is 0 Å². The molecule has 2 aliphatic carbocycles. The molecule has 2 aromatic rings. The summed E-state index contributed by atoms with van der Waals surface area (Å²) in [5, 5.41) is 5.54. The maximum absolute atomic E-state index is 12.1. The summed E-state index contributed by atoms with van der Waals surface area (Å²) in [6, 6.07) is 7.55. The zero-order valence-corrected chi connectivity index (χ0v) is 27.8. The minimum absolute atomic E-state index is 0. The molecular formula is C21H21N3Na2O8S4. The normalized spacial score (nSPS) is 15.7. The summed E-state index contributed by atoms with van der Waals surface area (Å²) >= 11 is 5.15. The molecule has 0 atom stereocenters. The number of anilines is 2. The summed E-state index contributed by atoms with van der Waals surface area (Å²) in [5.41, 5.74) is -0.00707. The topological polar surface area (TPSA) is 185 Å². The van der Waals surface area contributed by atoms with Gasteiger partial charge in [-0.05, 0) is 73.3 Å². The van der Waals surface area contributed by atoms with Crippen LogP contribution in [-0.4, -0.2) is 50.8 Å². The Hall–Kier alpha value is -0.560. The first-order valence-corrected chi connectivity index (χ1v) is 15.5. The van der Waals surface area contributed by atoms with Gasteiger partial charge in [-0.1, -0.05) is 24.3 Å². The Morgan fingerprint density at radius 1 is 0.789 bits per heavy atom. The standard InChI is InChI=1S/C21H23N3O8S4.2Na/c25-34(26,18-9-10-18)24-17-6-4-14(20(12-17)36(30,31)32)2-1-13-3-5-16(11-19(13)35(27,28)29)23-21(33)22-15-7-8-15;;/h1-6,11-12,15,18,24H,7-10H2,(H2,22,23,33)(H,27,28,29)(H,30,31,32);;/q;2*+1/p-2. The van der Waals surface area contributed by atoms with Crippen LogP contribution in [0.5, 0.6) is 0 Å². The van der Waals surface area contributed by atoms with Crippen molar-refractivity contribution in [2.45, 2.75) is 46.8 Å². The third-order valence-electron chi connectivity index (χ3n) is 5.40. The van der Waals surface area contributed by atoms with Crippen molar-refractivity contribution in [2.24, 2.45) is 0 Å². The zero-order valence-electron chi connectivity index (χ0n) is 20.5. The van der Waals surface area contributed by atoms with E-state index in [1.165, 1.54) is 30.3 Å². The quantitative estimate of drug-likeness (QED) is 0.108. The van der Waals surface area contributed by atoms with Crippen LogP contribution in [0.25, 0.3) is 12.2 Å². The summed E-state index contributed by atoms with van der Waals surface area (Å²) in [5.74, 6) is 0. The van der Waals surface area contributed by atoms with Gasteiger partial charge < -0.3 is 19.7 Å². The van der Waals surface area contributed by atoms with Crippen LogP contribution in [0.2, 0.25) is 0 Å². The summed E-state index contributed by atoms with van der Waals surface area (Å²) in [7, 11) is -13.7. The van der Waals surface area contributed by atoms with Gasteiger partial charge >= 0.3 is 59.1 Å². The largest absolute Gasteiger partial charge is 1.00 e. The Labute approximate surface area is 271 Å². The first-order chi connectivity index (χ1) is 16.7. The number of nitrogens with one attached hydrogen (secondary N) is 3. The molecule has 4 rings (SSSR count). The number of thiocarbonyl (C=S) groups is 1. The minimum atomic E-state index is -5.03. The van der Waals surface area contributed by atoms with Gasteiger partial charge in [0.25, 0.3) is 0 Å². The summed E-state index contributed by atoms with van der Waals surface area (Å²) in [6.07, 6.45) is 5.25. The molecule has 0 amide bonds. The molecule has 0 spiro atoms. The van der Waals surface area contributed by atoms with Crippen LogP contribution >= 0.6 is 12.2 Å². The monoisotopic (exact) mass is 617 g/mol. The van der Waals surface area contributed by atoms with E-state index in [2.05, 4.69) is 15.4 Å². The van der Waals surface area contributed by atoms with Crippen molar-refractivity contribution >= 4 is 71.1 Å². The molecule has 0 unspecified atom stereocenters. The van der Waals surface area contributed by atoms with Crippen LogP contribution < -0.4 is 74.5 Å². The average Bonchev–Trinajstić information content (AvgIpc) is 3.65. The molecular weight excluding hydrogens is 596 g/mol. The Balaban J connectivity index is 0.00000253. The van der Waals surface area contributed by atoms with Crippen molar-refractivity contribution in [3.63, 3.8) is 0 Å². The van der Waals surface area contributed by atoms with E-state index in [9.17, 15) is 34.4 Å². The van der Waals surface area contributed by atoms with Gasteiger partial charge in [0, 0.05) is 17.4 Å². The molecule has 0 aliphatic heterocycles. The first-order valence-electron chi connectivity index (χ1n) is 10.7. The molecule has 2 fully saturated rings. The molecule has 0 radical (unpaired) electrons. The van der Waals surface area contributed by atoms with Gasteiger partial charge in [0.2, 0.25) is 10.0 Å². The molecule has 11 nitrogen and oxygen atoms in total. The van der Waals surface area contributed by atoms with Crippen molar-refractivity contribution < 1.29 is 93.5 Å². The van der Waals surface area contributed by atoms with Crippen molar-refractivity contribution in [3.05, 3.63) is 47.5 Å². The second-order valence-electron chi connectivity index (χ2n) is 8.47. The molecule has 0 saturated heterocycles. The van der Waals surface area contributed by atoms with E-state index in [-0.39, 0.29) is 92.8 Å². The summed E-state index contributed by atoms with van der Waals surface area (Å²) in [6.45, 7) is 0. The van der Waals surface area contributed by atoms with Crippen LogP contribution in [0.3, 0.4) is 0 Å². The number of sulfonamides is 1. The van der Waals surface area contributed by atoms with Crippen molar-refractivity contribution in [3.8, 4) is 0 Å². The molecule has 3 N–H and O–H groups in total. The Morgan fingerprint density at radius 2 is 1.26 bits per heavy atom. The fraction of sp³-hybridized carbons (Fsp3) is 0.286. The third kappa shape index (κ3) is 9.24. The second-order valence-corrected chi connectivity index (χ2v) is 13.5. The third-order valence-corrected chi connectivity index (χ3v) is 9.28. The summed E-state index contributed by atoms with van der Waals surface area (Å²) in [4.78, 5) is -1.30. The van der Waals surface area contributed by atoms with Gasteiger partial charge in [-0.25, -0.2) is 25.3 Å². The molecule has 38 heavy (non-hydrogen) atoms. The minimum Gasteiger partial charge on any atom is -0.744 e. The Morgan fingerprint density at radius 3 is 1.71 bits per heavy atom. The smallest absolute Gasteiger partial charge is 0.744 e. The first kappa shape index (κ1) is 33.6. The number of benzene rings is 2. The van der Waals surface area contributed by atoms with E-state index in [1.54, 1.807) is 0 Å². The molecule has 194 valence electrons. The Kier molecular flexibility index (Phi) is 11.5. The van der Waals surface area contributed by atoms with E-state index in [4.69, 9.17) is 12.2 Å². The zero-order chi connectivity index (χ0) is 26.3. The van der Waals surface area contributed by atoms with Gasteiger partial charge in [0.1, 0.15) is 20.2 Å². The molecule has 2 saturated carbocycles.